The Balaban J connectivity index is 0.000000270. The van der Waals surface area contributed by atoms with Gasteiger partial charge in [-0.1, -0.05) is 86.6 Å². The van der Waals surface area contributed by atoms with Gasteiger partial charge in [-0.05, 0) is 60.4 Å². The molecule has 0 aliphatic carbocycles. The van der Waals surface area contributed by atoms with E-state index in [1.807, 2.05) is 113 Å². The summed E-state index contributed by atoms with van der Waals surface area (Å²) in [6.07, 6.45) is 1.81. The molecule has 0 aliphatic rings. The van der Waals surface area contributed by atoms with Gasteiger partial charge in [-0.25, -0.2) is 14.4 Å². The Morgan fingerprint density at radius 3 is 1.30 bits per heavy atom. The van der Waals surface area contributed by atoms with Crippen LogP contribution in [0.5, 0.6) is 0 Å². The van der Waals surface area contributed by atoms with Crippen LogP contribution in [-0.2, 0) is 17.8 Å². The molecule has 0 aromatic heterocycles. The highest BCUT2D eigenvalue weighted by molar-refractivity contribution is 5.97. The molecular weight excluding hydrogens is 630 g/mol. The summed E-state index contributed by atoms with van der Waals surface area (Å²) in [7, 11) is 4.97. The summed E-state index contributed by atoms with van der Waals surface area (Å²) in [6, 6.07) is 33.4. The zero-order valence-corrected chi connectivity index (χ0v) is 29.7. The molecule has 0 radical (unpaired) electrons. The van der Waals surface area contributed by atoms with Crippen LogP contribution in [0.15, 0.2) is 109 Å². The van der Waals surface area contributed by atoms with Crippen molar-refractivity contribution >= 4 is 35.2 Å². The highest BCUT2D eigenvalue weighted by atomic mass is 16.5. The second kappa shape index (κ2) is 20.1. The van der Waals surface area contributed by atoms with Gasteiger partial charge in [-0.3, -0.25) is 14.6 Å². The van der Waals surface area contributed by atoms with Gasteiger partial charge in [0.25, 0.3) is 0 Å². The summed E-state index contributed by atoms with van der Waals surface area (Å²) in [5, 5.41) is 0. The molecule has 0 spiro atoms. The van der Waals surface area contributed by atoms with E-state index in [1.54, 1.807) is 43.9 Å². The van der Waals surface area contributed by atoms with E-state index in [9.17, 15) is 19.2 Å². The maximum Gasteiger partial charge on any atom is 0.337 e. The Hall–Kier alpha value is -5.48. The third kappa shape index (κ3) is 11.3. The van der Waals surface area contributed by atoms with Crippen LogP contribution in [0.25, 0.3) is 0 Å². The molecule has 4 aromatic rings. The minimum Gasteiger partial charge on any atom is -0.465 e. The van der Waals surface area contributed by atoms with Crippen LogP contribution < -0.4 is 15.5 Å². The fraction of sp³-hybridized carbons (Fsp3) is 0.300. The third-order valence-corrected chi connectivity index (χ3v) is 7.89. The van der Waals surface area contributed by atoms with Crippen LogP contribution in [0.1, 0.15) is 58.5 Å². The lowest BCUT2D eigenvalue weighted by Crippen LogP contribution is -2.41. The first kappa shape index (κ1) is 39.0. The van der Waals surface area contributed by atoms with E-state index in [0.29, 0.717) is 37.3 Å². The van der Waals surface area contributed by atoms with Crippen LogP contribution in [0.3, 0.4) is 0 Å². The number of nitrogens with zero attached hydrogens (tertiary/aromatic N) is 4. The smallest absolute Gasteiger partial charge is 0.337 e. The number of para-hydroxylation sites is 2. The Kier molecular flexibility index (Phi) is 15.7. The molecule has 2 N–H and O–H groups in total. The van der Waals surface area contributed by atoms with Crippen molar-refractivity contribution in [1.29, 1.82) is 0 Å². The van der Waals surface area contributed by atoms with E-state index in [0.717, 1.165) is 35.3 Å². The van der Waals surface area contributed by atoms with E-state index < -0.39 is 0 Å². The maximum atomic E-state index is 12.8. The summed E-state index contributed by atoms with van der Waals surface area (Å²) in [6.45, 7) is 6.35. The van der Waals surface area contributed by atoms with Crippen molar-refractivity contribution in [3.63, 3.8) is 0 Å². The van der Waals surface area contributed by atoms with E-state index in [2.05, 4.69) is 0 Å². The minimum atomic E-state index is -0.370. The van der Waals surface area contributed by atoms with Gasteiger partial charge >= 0.3 is 18.0 Å². The number of carbonyl (C=O) groups excluding carboxylic acids is 4. The minimum absolute atomic E-state index is 0.00418. The number of urea groups is 2. The fourth-order valence-corrected chi connectivity index (χ4v) is 5.17. The Bertz CT molecular complexity index is 1520. The van der Waals surface area contributed by atoms with Gasteiger partial charge in [-0.15, -0.1) is 0 Å². The molecule has 0 saturated carbocycles. The number of hydrogen-bond acceptors (Lipinski definition) is 6. The van der Waals surface area contributed by atoms with Crippen molar-refractivity contribution in [3.05, 3.63) is 131 Å². The maximum absolute atomic E-state index is 12.8. The van der Waals surface area contributed by atoms with E-state index in [4.69, 9.17) is 10.5 Å². The number of rotatable bonds is 13. The number of amides is 4. The summed E-state index contributed by atoms with van der Waals surface area (Å²) in [4.78, 5) is 55.8. The summed E-state index contributed by atoms with van der Waals surface area (Å²) in [5.41, 5.74) is 10.1. The van der Waals surface area contributed by atoms with Crippen molar-refractivity contribution in [2.24, 2.45) is 5.73 Å². The fourth-order valence-electron chi connectivity index (χ4n) is 5.17. The number of methoxy groups -OCH3 is 1. The lowest BCUT2D eigenvalue weighted by atomic mass is 10.1. The second-order valence-corrected chi connectivity index (χ2v) is 11.8. The Labute approximate surface area is 296 Å². The summed E-state index contributed by atoms with van der Waals surface area (Å²) < 4.78 is 4.71. The SMILES string of the molecule is CCCN(C)C(=O)N(Cc1ccc(C(=O)CN)cc1)c1ccccc1.CCCN(C)C(=O)N(Cc1ccc(C(=O)OC)cc1)c1ccccc1. The molecule has 0 atom stereocenters. The molecule has 10 nitrogen and oxygen atoms in total. The molecule has 0 aliphatic heterocycles. The van der Waals surface area contributed by atoms with Crippen LogP contribution >= 0.6 is 0 Å². The Morgan fingerprint density at radius 1 is 0.580 bits per heavy atom. The molecular formula is C40H49N5O5. The number of ketones is 1. The summed E-state index contributed by atoms with van der Waals surface area (Å²) in [5.74, 6) is -0.463. The van der Waals surface area contributed by atoms with Gasteiger partial charge in [0.1, 0.15) is 0 Å². The molecule has 0 heterocycles. The molecule has 4 rings (SSSR count). The van der Waals surface area contributed by atoms with Gasteiger partial charge < -0.3 is 20.3 Å². The lowest BCUT2D eigenvalue weighted by Gasteiger charge is -2.28. The Morgan fingerprint density at radius 2 is 0.960 bits per heavy atom. The molecule has 4 aromatic carbocycles. The lowest BCUT2D eigenvalue weighted by molar-refractivity contribution is 0.0600. The normalized spacial score (nSPS) is 10.3. The molecule has 0 saturated heterocycles. The van der Waals surface area contributed by atoms with Crippen LogP contribution in [0, 0.1) is 0 Å². The first-order valence-electron chi connectivity index (χ1n) is 16.8. The number of anilines is 2. The molecule has 50 heavy (non-hydrogen) atoms. The first-order valence-corrected chi connectivity index (χ1v) is 16.8. The third-order valence-electron chi connectivity index (χ3n) is 7.89. The van der Waals surface area contributed by atoms with Crippen molar-refractivity contribution in [3.8, 4) is 0 Å². The highest BCUT2D eigenvalue weighted by Crippen LogP contribution is 2.21. The van der Waals surface area contributed by atoms with Crippen molar-refractivity contribution in [2.75, 3.05) is 50.6 Å². The van der Waals surface area contributed by atoms with Crippen molar-refractivity contribution in [1.82, 2.24) is 9.80 Å². The molecule has 0 fully saturated rings. The van der Waals surface area contributed by atoms with Crippen LogP contribution in [0.4, 0.5) is 21.0 Å². The molecule has 0 bridgehead atoms. The van der Waals surface area contributed by atoms with Gasteiger partial charge in [-0.2, -0.15) is 0 Å². The number of Topliss-reactive ketones (excluding diaryl/α,β-unsaturated/α-hetero) is 1. The van der Waals surface area contributed by atoms with Crippen LogP contribution in [-0.4, -0.2) is 74.5 Å². The second-order valence-electron chi connectivity index (χ2n) is 11.8. The highest BCUT2D eigenvalue weighted by Gasteiger charge is 2.21. The van der Waals surface area contributed by atoms with Gasteiger partial charge in [0.05, 0.1) is 32.3 Å². The zero-order chi connectivity index (χ0) is 36.5. The standard InChI is InChI=1S/C20H25N3O2.C20H24N2O3/c1-3-13-22(2)20(25)23(18-7-5-4-6-8-18)15-16-9-11-17(12-10-16)19(24)14-21;1-4-14-21(2)20(24)22(18-8-6-5-7-9-18)15-16-10-12-17(13-11-16)19(23)25-3/h4-12H,3,13-15,21H2,1-2H3;5-13H,4,14-15H2,1-3H3. The van der Waals surface area contributed by atoms with E-state index in [-0.39, 0.29) is 30.4 Å². The number of carbonyl (C=O) groups is 4. The predicted octanol–water partition coefficient (Wildman–Crippen LogP) is 7.24. The largest absolute Gasteiger partial charge is 0.465 e. The van der Waals surface area contributed by atoms with E-state index >= 15 is 0 Å². The first-order chi connectivity index (χ1) is 24.1. The van der Waals surface area contributed by atoms with Crippen molar-refractivity contribution < 1.29 is 23.9 Å². The quantitative estimate of drug-likeness (QED) is 0.118. The molecule has 0 unspecified atom stereocenters. The van der Waals surface area contributed by atoms with E-state index in [1.165, 1.54) is 7.11 Å². The number of ether oxygens (including phenoxy) is 1. The van der Waals surface area contributed by atoms with Gasteiger partial charge in [0.15, 0.2) is 5.78 Å². The number of nitrogens with two attached hydrogens (primary N) is 1. The predicted molar refractivity (Wildman–Crippen MR) is 199 cm³/mol. The van der Waals surface area contributed by atoms with Crippen molar-refractivity contribution in [2.45, 2.75) is 39.8 Å². The number of esters is 1. The average Bonchev–Trinajstić information content (AvgIpc) is 3.16. The number of hydrogen-bond donors (Lipinski definition) is 1. The molecule has 10 heteroatoms. The molecule has 4 amide bonds. The number of benzene rings is 4. The van der Waals surface area contributed by atoms with Crippen LogP contribution in [0.2, 0.25) is 0 Å². The zero-order valence-electron chi connectivity index (χ0n) is 29.7. The van der Waals surface area contributed by atoms with Gasteiger partial charge in [0, 0.05) is 44.1 Å². The topological polar surface area (TPSA) is 116 Å². The van der Waals surface area contributed by atoms with Gasteiger partial charge in [0.2, 0.25) is 0 Å². The molecule has 264 valence electrons. The summed E-state index contributed by atoms with van der Waals surface area (Å²) >= 11 is 0. The average molecular weight is 680 g/mol. The monoisotopic (exact) mass is 679 g/mol.